The zero-order chi connectivity index (χ0) is 15.0. The second-order valence-corrected chi connectivity index (χ2v) is 7.92. The van der Waals surface area contributed by atoms with Gasteiger partial charge in [0.15, 0.2) is 0 Å². The van der Waals surface area contributed by atoms with Crippen LogP contribution in [-0.4, -0.2) is 48.7 Å². The van der Waals surface area contributed by atoms with Crippen molar-refractivity contribution in [2.45, 2.75) is 43.7 Å². The van der Waals surface area contributed by atoms with E-state index in [4.69, 9.17) is 4.74 Å². The molecule has 4 rings (SSSR count). The Bertz CT molecular complexity index is 529. The molecule has 0 unspecified atom stereocenters. The zero-order valence-corrected chi connectivity index (χ0v) is 13.7. The van der Waals surface area contributed by atoms with E-state index in [1.165, 1.54) is 19.4 Å². The minimum atomic E-state index is -0.0142. The summed E-state index contributed by atoms with van der Waals surface area (Å²) in [6.45, 7) is 4.22. The van der Waals surface area contributed by atoms with Gasteiger partial charge >= 0.3 is 0 Å². The smallest absolute Gasteiger partial charge is 0.252 e. The second-order valence-electron chi connectivity index (χ2n) is 7.14. The lowest BCUT2D eigenvalue weighted by Gasteiger charge is -2.38. The first-order valence-corrected chi connectivity index (χ1v) is 9.36. The van der Waals surface area contributed by atoms with Crippen molar-refractivity contribution >= 4 is 17.2 Å². The van der Waals surface area contributed by atoms with E-state index in [-0.39, 0.29) is 17.6 Å². The monoisotopic (exact) mass is 320 g/mol. The van der Waals surface area contributed by atoms with E-state index in [9.17, 15) is 4.79 Å². The lowest BCUT2D eigenvalue weighted by Crippen LogP contribution is -2.50. The summed E-state index contributed by atoms with van der Waals surface area (Å²) in [5.74, 6) is 1.00. The van der Waals surface area contributed by atoms with Crippen LogP contribution in [0.5, 0.6) is 0 Å². The van der Waals surface area contributed by atoms with E-state index in [0.29, 0.717) is 0 Å². The molecule has 1 N–H and O–H groups in total. The Labute approximate surface area is 135 Å². The summed E-state index contributed by atoms with van der Waals surface area (Å²) in [6.07, 6.45) is 5.82. The van der Waals surface area contributed by atoms with Gasteiger partial charge in [0.05, 0.1) is 5.60 Å². The van der Waals surface area contributed by atoms with Crippen molar-refractivity contribution in [2.75, 3.05) is 26.2 Å². The first kappa shape index (κ1) is 14.7. The van der Waals surface area contributed by atoms with Gasteiger partial charge in [-0.25, -0.2) is 0 Å². The fourth-order valence-corrected chi connectivity index (χ4v) is 4.48. The molecule has 1 aromatic rings. The highest BCUT2D eigenvalue weighted by molar-refractivity contribution is 7.08. The summed E-state index contributed by atoms with van der Waals surface area (Å²) < 4.78 is 6.17. The molecule has 5 heteroatoms. The summed E-state index contributed by atoms with van der Waals surface area (Å²) in [6, 6.07) is 2.14. The highest BCUT2D eigenvalue weighted by atomic mass is 32.1. The molecule has 0 radical (unpaired) electrons. The molecular formula is C17H24N2O2S. The SMILES string of the molecule is O=C(N[C@H]1CCO[C@]2(CCN(CC3CC3)C2)C1)c1ccsc1. The van der Waals surface area contributed by atoms with E-state index in [0.717, 1.165) is 50.4 Å². The average molecular weight is 320 g/mol. The maximum Gasteiger partial charge on any atom is 0.252 e. The first-order chi connectivity index (χ1) is 10.7. The van der Waals surface area contributed by atoms with Gasteiger partial charge in [-0.15, -0.1) is 0 Å². The topological polar surface area (TPSA) is 41.6 Å². The van der Waals surface area contributed by atoms with Crippen molar-refractivity contribution < 1.29 is 9.53 Å². The van der Waals surface area contributed by atoms with Gasteiger partial charge < -0.3 is 15.0 Å². The van der Waals surface area contributed by atoms with E-state index < -0.39 is 0 Å². The lowest BCUT2D eigenvalue weighted by atomic mass is 9.89. The minimum absolute atomic E-state index is 0.0142. The number of likely N-dealkylation sites (tertiary alicyclic amines) is 1. The summed E-state index contributed by atoms with van der Waals surface area (Å²) >= 11 is 1.57. The highest BCUT2D eigenvalue weighted by Crippen LogP contribution is 2.37. The Kier molecular flexibility index (Phi) is 3.96. The molecule has 1 amide bonds. The van der Waals surface area contributed by atoms with Crippen molar-refractivity contribution in [1.82, 2.24) is 10.2 Å². The average Bonchev–Trinajstić information content (AvgIpc) is 3.01. The fraction of sp³-hybridized carbons (Fsp3) is 0.706. The Morgan fingerprint density at radius 2 is 2.36 bits per heavy atom. The second kappa shape index (κ2) is 5.95. The molecule has 0 aromatic carbocycles. The van der Waals surface area contributed by atoms with Gasteiger partial charge in [-0.2, -0.15) is 11.3 Å². The Morgan fingerprint density at radius 3 is 3.14 bits per heavy atom. The molecule has 120 valence electrons. The quantitative estimate of drug-likeness (QED) is 0.927. The van der Waals surface area contributed by atoms with Crippen molar-refractivity contribution in [2.24, 2.45) is 5.92 Å². The van der Waals surface area contributed by atoms with Crippen LogP contribution in [0, 0.1) is 5.92 Å². The van der Waals surface area contributed by atoms with E-state index in [1.54, 1.807) is 11.3 Å². The third kappa shape index (κ3) is 3.21. The van der Waals surface area contributed by atoms with Crippen molar-refractivity contribution in [3.05, 3.63) is 22.4 Å². The van der Waals surface area contributed by atoms with E-state index in [1.807, 2.05) is 16.8 Å². The maximum absolute atomic E-state index is 12.2. The summed E-state index contributed by atoms with van der Waals surface area (Å²) in [5, 5.41) is 7.08. The summed E-state index contributed by atoms with van der Waals surface area (Å²) in [7, 11) is 0. The molecule has 0 bridgehead atoms. The van der Waals surface area contributed by atoms with Gasteiger partial charge in [0.2, 0.25) is 0 Å². The van der Waals surface area contributed by atoms with Crippen LogP contribution in [-0.2, 0) is 4.74 Å². The number of amides is 1. The molecule has 3 fully saturated rings. The molecule has 2 aliphatic heterocycles. The van der Waals surface area contributed by atoms with Crippen LogP contribution < -0.4 is 5.32 Å². The molecule has 4 nitrogen and oxygen atoms in total. The van der Waals surface area contributed by atoms with Crippen LogP contribution in [0.4, 0.5) is 0 Å². The van der Waals surface area contributed by atoms with Gasteiger partial charge in [0.25, 0.3) is 5.91 Å². The standard InChI is InChI=1S/C17H24N2O2S/c20-16(14-4-8-22-11-14)18-15-3-7-21-17(9-15)5-6-19(12-17)10-13-1-2-13/h4,8,11,13,15H,1-3,5-7,9-10,12H2,(H,18,20)/t15-,17+/m0/s1. The van der Waals surface area contributed by atoms with E-state index >= 15 is 0 Å². The molecule has 3 aliphatic rings. The molecule has 1 aromatic heterocycles. The van der Waals surface area contributed by atoms with Gasteiger partial charge in [-0.1, -0.05) is 0 Å². The predicted octanol–water partition coefficient (Wildman–Crippen LogP) is 2.51. The van der Waals surface area contributed by atoms with Crippen molar-refractivity contribution in [1.29, 1.82) is 0 Å². The van der Waals surface area contributed by atoms with Crippen molar-refractivity contribution in [3.8, 4) is 0 Å². The molecule has 22 heavy (non-hydrogen) atoms. The molecule has 1 spiro atoms. The van der Waals surface area contributed by atoms with Crippen LogP contribution >= 0.6 is 11.3 Å². The third-order valence-corrected chi connectivity index (χ3v) is 5.90. The number of hydrogen-bond donors (Lipinski definition) is 1. The van der Waals surface area contributed by atoms with E-state index in [2.05, 4.69) is 10.2 Å². The molecule has 3 heterocycles. The molecular weight excluding hydrogens is 296 g/mol. The zero-order valence-electron chi connectivity index (χ0n) is 12.9. The van der Waals surface area contributed by atoms with Crippen molar-refractivity contribution in [3.63, 3.8) is 0 Å². The number of ether oxygens (including phenoxy) is 1. The normalized spacial score (nSPS) is 32.5. The molecule has 2 saturated heterocycles. The molecule has 1 aliphatic carbocycles. The van der Waals surface area contributed by atoms with Gasteiger partial charge in [-0.3, -0.25) is 4.79 Å². The third-order valence-electron chi connectivity index (χ3n) is 5.22. The number of thiophene rings is 1. The first-order valence-electron chi connectivity index (χ1n) is 8.42. The predicted molar refractivity (Wildman–Crippen MR) is 87.3 cm³/mol. The highest BCUT2D eigenvalue weighted by Gasteiger charge is 2.44. The lowest BCUT2D eigenvalue weighted by molar-refractivity contribution is -0.0790. The number of rotatable bonds is 4. The van der Waals surface area contributed by atoms with Crippen LogP contribution in [0.25, 0.3) is 0 Å². The Hall–Kier alpha value is -0.910. The van der Waals surface area contributed by atoms with Crippen LogP contribution in [0.15, 0.2) is 16.8 Å². The van der Waals surface area contributed by atoms with Gasteiger partial charge in [-0.05, 0) is 49.5 Å². The molecule has 2 atom stereocenters. The summed E-state index contributed by atoms with van der Waals surface area (Å²) in [5.41, 5.74) is 0.770. The van der Waals surface area contributed by atoms with Gasteiger partial charge in [0, 0.05) is 43.2 Å². The minimum Gasteiger partial charge on any atom is -0.373 e. The fourth-order valence-electron chi connectivity index (χ4n) is 3.85. The maximum atomic E-state index is 12.2. The molecule has 1 saturated carbocycles. The van der Waals surface area contributed by atoms with Crippen LogP contribution in [0.2, 0.25) is 0 Å². The Balaban J connectivity index is 1.34. The Morgan fingerprint density at radius 1 is 1.45 bits per heavy atom. The van der Waals surface area contributed by atoms with Gasteiger partial charge in [0.1, 0.15) is 0 Å². The number of carbonyl (C=O) groups excluding carboxylic acids is 1. The van der Waals surface area contributed by atoms with Crippen LogP contribution in [0.1, 0.15) is 42.5 Å². The number of hydrogen-bond acceptors (Lipinski definition) is 4. The number of nitrogens with zero attached hydrogens (tertiary/aromatic N) is 1. The summed E-state index contributed by atoms with van der Waals surface area (Å²) in [4.78, 5) is 14.8. The number of nitrogens with one attached hydrogen (secondary N) is 1. The van der Waals surface area contributed by atoms with Crippen LogP contribution in [0.3, 0.4) is 0 Å². The largest absolute Gasteiger partial charge is 0.373 e. The number of carbonyl (C=O) groups is 1.